The van der Waals surface area contributed by atoms with Gasteiger partial charge in [0.05, 0.1) is 11.3 Å². The third kappa shape index (κ3) is 1.99. The molecule has 5 heteroatoms. The van der Waals surface area contributed by atoms with Crippen LogP contribution in [0.5, 0.6) is 0 Å². The van der Waals surface area contributed by atoms with Gasteiger partial charge in [0, 0.05) is 19.1 Å². The third-order valence-corrected chi connectivity index (χ3v) is 2.85. The molecule has 3 N–H and O–H groups in total. The van der Waals surface area contributed by atoms with E-state index in [4.69, 9.17) is 10.8 Å². The van der Waals surface area contributed by atoms with Crippen LogP contribution in [0.25, 0.3) is 0 Å². The number of carbonyl (C=O) groups is 1. The third-order valence-electron chi connectivity index (χ3n) is 2.85. The highest BCUT2D eigenvalue weighted by Crippen LogP contribution is 2.19. The Hall–Kier alpha value is -1.62. The van der Waals surface area contributed by atoms with Crippen molar-refractivity contribution >= 4 is 11.8 Å². The molecule has 1 fully saturated rings. The van der Waals surface area contributed by atoms with Gasteiger partial charge in [-0.05, 0) is 25.5 Å². The van der Waals surface area contributed by atoms with Gasteiger partial charge in [-0.15, -0.1) is 0 Å². The number of aromatic carboxylic acids is 1. The number of hydrogen-bond acceptors (Lipinski definition) is 4. The topological polar surface area (TPSA) is 79.5 Å². The molecule has 1 unspecified atom stereocenters. The van der Waals surface area contributed by atoms with Gasteiger partial charge in [0.25, 0.3) is 0 Å². The second-order valence-electron chi connectivity index (χ2n) is 4.10. The van der Waals surface area contributed by atoms with Crippen molar-refractivity contribution in [3.05, 3.63) is 23.4 Å². The van der Waals surface area contributed by atoms with E-state index in [1.165, 1.54) is 0 Å². The zero-order valence-electron chi connectivity index (χ0n) is 9.18. The molecular weight excluding hydrogens is 206 g/mol. The average molecular weight is 221 g/mol. The molecule has 0 aromatic carbocycles. The summed E-state index contributed by atoms with van der Waals surface area (Å²) in [6.07, 6.45) is 0.960. The first-order chi connectivity index (χ1) is 7.58. The minimum absolute atomic E-state index is 0.196. The molecule has 0 bridgehead atoms. The fraction of sp³-hybridized carbons (Fsp3) is 0.455. The van der Waals surface area contributed by atoms with E-state index in [-0.39, 0.29) is 11.6 Å². The van der Waals surface area contributed by atoms with Crippen molar-refractivity contribution in [2.75, 3.05) is 18.0 Å². The summed E-state index contributed by atoms with van der Waals surface area (Å²) in [6, 6.07) is 3.54. The van der Waals surface area contributed by atoms with Gasteiger partial charge in [0.2, 0.25) is 0 Å². The maximum absolute atomic E-state index is 10.8. The second kappa shape index (κ2) is 4.09. The molecule has 0 amide bonds. The smallest absolute Gasteiger partial charge is 0.337 e. The number of carboxylic acid groups (broad SMARTS) is 1. The van der Waals surface area contributed by atoms with E-state index in [0.29, 0.717) is 5.69 Å². The van der Waals surface area contributed by atoms with Crippen molar-refractivity contribution < 1.29 is 9.90 Å². The SMILES string of the molecule is Cc1nc(N2CCC(N)C2)ccc1C(=O)O. The lowest BCUT2D eigenvalue weighted by Crippen LogP contribution is -2.27. The first-order valence-electron chi connectivity index (χ1n) is 5.29. The van der Waals surface area contributed by atoms with Crippen LogP contribution < -0.4 is 10.6 Å². The quantitative estimate of drug-likeness (QED) is 0.765. The monoisotopic (exact) mass is 221 g/mol. The van der Waals surface area contributed by atoms with E-state index < -0.39 is 5.97 Å². The molecular formula is C11H15N3O2. The maximum Gasteiger partial charge on any atom is 0.337 e. The van der Waals surface area contributed by atoms with E-state index in [0.717, 1.165) is 25.3 Å². The lowest BCUT2D eigenvalue weighted by atomic mass is 10.2. The second-order valence-corrected chi connectivity index (χ2v) is 4.10. The fourth-order valence-electron chi connectivity index (χ4n) is 1.95. The Morgan fingerprint density at radius 2 is 2.38 bits per heavy atom. The number of hydrogen-bond donors (Lipinski definition) is 2. The largest absolute Gasteiger partial charge is 0.478 e. The van der Waals surface area contributed by atoms with E-state index >= 15 is 0 Å². The first kappa shape index (κ1) is 10.9. The molecule has 5 nitrogen and oxygen atoms in total. The summed E-state index contributed by atoms with van der Waals surface area (Å²) in [5, 5.41) is 8.89. The van der Waals surface area contributed by atoms with E-state index in [1.54, 1.807) is 19.1 Å². The van der Waals surface area contributed by atoms with Crippen LogP contribution in [0.3, 0.4) is 0 Å². The number of rotatable bonds is 2. The molecule has 1 aromatic rings. The molecule has 1 saturated heterocycles. The molecule has 0 spiro atoms. The standard InChI is InChI=1S/C11H15N3O2/c1-7-9(11(15)16)2-3-10(13-7)14-5-4-8(12)6-14/h2-3,8H,4-6,12H2,1H3,(H,15,16). The Kier molecular flexibility index (Phi) is 2.78. The Morgan fingerprint density at radius 1 is 1.62 bits per heavy atom. The minimum Gasteiger partial charge on any atom is -0.478 e. The predicted molar refractivity (Wildman–Crippen MR) is 60.7 cm³/mol. The Morgan fingerprint density at radius 3 is 2.88 bits per heavy atom. The van der Waals surface area contributed by atoms with E-state index in [2.05, 4.69) is 9.88 Å². The minimum atomic E-state index is -0.935. The van der Waals surface area contributed by atoms with Crippen molar-refractivity contribution in [2.24, 2.45) is 5.73 Å². The summed E-state index contributed by atoms with van der Waals surface area (Å²) in [6.45, 7) is 3.39. The van der Waals surface area contributed by atoms with Crippen LogP contribution in [0.4, 0.5) is 5.82 Å². The zero-order valence-corrected chi connectivity index (χ0v) is 9.18. The maximum atomic E-state index is 10.8. The van der Waals surface area contributed by atoms with Gasteiger partial charge in [-0.1, -0.05) is 0 Å². The van der Waals surface area contributed by atoms with Gasteiger partial charge >= 0.3 is 5.97 Å². The van der Waals surface area contributed by atoms with Crippen molar-refractivity contribution in [2.45, 2.75) is 19.4 Å². The molecule has 86 valence electrons. The zero-order chi connectivity index (χ0) is 11.7. The Labute approximate surface area is 93.9 Å². The number of aryl methyl sites for hydroxylation is 1. The van der Waals surface area contributed by atoms with E-state index in [1.807, 2.05) is 0 Å². The average Bonchev–Trinajstić information content (AvgIpc) is 2.64. The van der Waals surface area contributed by atoms with Crippen molar-refractivity contribution in [3.63, 3.8) is 0 Å². The lowest BCUT2D eigenvalue weighted by Gasteiger charge is -2.17. The summed E-state index contributed by atoms with van der Waals surface area (Å²) in [4.78, 5) is 17.2. The summed E-state index contributed by atoms with van der Waals surface area (Å²) in [7, 11) is 0. The number of nitrogens with two attached hydrogens (primary N) is 1. The van der Waals surface area contributed by atoms with Gasteiger partial charge in [-0.2, -0.15) is 0 Å². The summed E-state index contributed by atoms with van der Waals surface area (Å²) in [5.74, 6) is -0.120. The molecule has 1 aliphatic rings. The molecule has 16 heavy (non-hydrogen) atoms. The highest BCUT2D eigenvalue weighted by atomic mass is 16.4. The van der Waals surface area contributed by atoms with Crippen LogP contribution in [0, 0.1) is 6.92 Å². The molecule has 0 aliphatic carbocycles. The summed E-state index contributed by atoms with van der Waals surface area (Å²) in [5.41, 5.74) is 6.62. The molecule has 2 heterocycles. The Balaban J connectivity index is 2.24. The molecule has 1 atom stereocenters. The van der Waals surface area contributed by atoms with Gasteiger partial charge in [0.15, 0.2) is 0 Å². The van der Waals surface area contributed by atoms with Crippen molar-refractivity contribution in [3.8, 4) is 0 Å². The summed E-state index contributed by atoms with van der Waals surface area (Å²) >= 11 is 0. The van der Waals surface area contributed by atoms with Crippen molar-refractivity contribution in [1.29, 1.82) is 0 Å². The Bertz CT molecular complexity index is 420. The van der Waals surface area contributed by atoms with Crippen LogP contribution >= 0.6 is 0 Å². The van der Waals surface area contributed by atoms with Gasteiger partial charge in [0.1, 0.15) is 5.82 Å². The van der Waals surface area contributed by atoms with Crippen LogP contribution in [0.15, 0.2) is 12.1 Å². The highest BCUT2D eigenvalue weighted by molar-refractivity contribution is 5.89. The molecule has 0 radical (unpaired) electrons. The number of pyridine rings is 1. The lowest BCUT2D eigenvalue weighted by molar-refractivity contribution is 0.0695. The molecule has 2 rings (SSSR count). The van der Waals surface area contributed by atoms with Crippen molar-refractivity contribution in [1.82, 2.24) is 4.98 Å². The van der Waals surface area contributed by atoms with E-state index in [9.17, 15) is 4.79 Å². The number of carboxylic acids is 1. The van der Waals surface area contributed by atoms with Crippen LogP contribution in [-0.2, 0) is 0 Å². The number of nitrogens with zero attached hydrogens (tertiary/aromatic N) is 2. The number of anilines is 1. The molecule has 1 aromatic heterocycles. The predicted octanol–water partition coefficient (Wildman–Crippen LogP) is 0.626. The van der Waals surface area contributed by atoms with Crippen LogP contribution in [0.2, 0.25) is 0 Å². The molecule has 1 aliphatic heterocycles. The van der Waals surface area contributed by atoms with Gasteiger partial charge < -0.3 is 15.7 Å². The molecule has 0 saturated carbocycles. The fourth-order valence-corrected chi connectivity index (χ4v) is 1.95. The summed E-state index contributed by atoms with van der Waals surface area (Å²) < 4.78 is 0. The normalized spacial score (nSPS) is 20.1. The van der Waals surface area contributed by atoms with Gasteiger partial charge in [-0.3, -0.25) is 0 Å². The van der Waals surface area contributed by atoms with Crippen LogP contribution in [-0.4, -0.2) is 35.2 Å². The van der Waals surface area contributed by atoms with Crippen LogP contribution in [0.1, 0.15) is 22.5 Å². The first-order valence-corrected chi connectivity index (χ1v) is 5.29. The van der Waals surface area contributed by atoms with Gasteiger partial charge in [-0.25, -0.2) is 9.78 Å². The number of aromatic nitrogens is 1. The highest BCUT2D eigenvalue weighted by Gasteiger charge is 2.21.